The number of carbonyl (C=O) groups is 2. The summed E-state index contributed by atoms with van der Waals surface area (Å²) in [6.07, 6.45) is 0.178. The summed E-state index contributed by atoms with van der Waals surface area (Å²) in [6.45, 7) is 0. The lowest BCUT2D eigenvalue weighted by atomic mass is 10.1. The second kappa shape index (κ2) is 6.46. The van der Waals surface area contributed by atoms with Crippen molar-refractivity contribution >= 4 is 17.9 Å². The Bertz CT molecular complexity index is 627. The number of aromatic nitrogens is 4. The van der Waals surface area contributed by atoms with Gasteiger partial charge in [0.15, 0.2) is 0 Å². The van der Waals surface area contributed by atoms with Gasteiger partial charge in [0.05, 0.1) is 7.05 Å². The number of benzene rings is 1. The number of carboxylic acids is 1. The molecule has 9 nitrogen and oxygen atoms in total. The van der Waals surface area contributed by atoms with E-state index in [4.69, 9.17) is 5.11 Å². The number of aryl methyl sites for hydroxylation is 1. The normalized spacial score (nSPS) is 11.7. The fourth-order valence-electron chi connectivity index (χ4n) is 1.68. The lowest BCUT2D eigenvalue weighted by Crippen LogP contribution is -2.44. The molecular formula is C12H14N6O3. The Morgan fingerprint density at radius 3 is 2.62 bits per heavy atom. The third kappa shape index (κ3) is 4.27. The maximum Gasteiger partial charge on any atom is 0.326 e. The number of urea groups is 1. The lowest BCUT2D eigenvalue weighted by molar-refractivity contribution is -0.139. The van der Waals surface area contributed by atoms with Crippen molar-refractivity contribution in [2.24, 2.45) is 7.05 Å². The van der Waals surface area contributed by atoms with Gasteiger partial charge >= 0.3 is 12.0 Å². The molecule has 0 aliphatic carbocycles. The summed E-state index contributed by atoms with van der Waals surface area (Å²) in [7, 11) is 1.55. The third-order valence-electron chi connectivity index (χ3n) is 2.62. The highest BCUT2D eigenvalue weighted by molar-refractivity contribution is 5.90. The van der Waals surface area contributed by atoms with Gasteiger partial charge in [0.2, 0.25) is 0 Å². The highest BCUT2D eigenvalue weighted by Gasteiger charge is 2.21. The van der Waals surface area contributed by atoms with Crippen LogP contribution in [0.5, 0.6) is 0 Å². The summed E-state index contributed by atoms with van der Waals surface area (Å²) < 4.78 is 0. The highest BCUT2D eigenvalue weighted by atomic mass is 16.4. The summed E-state index contributed by atoms with van der Waals surface area (Å²) in [5.41, 5.74) is 0.808. The summed E-state index contributed by atoms with van der Waals surface area (Å²) in [6, 6.07) is 7.27. The van der Waals surface area contributed by atoms with E-state index in [2.05, 4.69) is 26.0 Å². The van der Waals surface area contributed by atoms with Gasteiger partial charge in [-0.05, 0) is 10.8 Å². The van der Waals surface area contributed by atoms with Crippen molar-refractivity contribution in [2.45, 2.75) is 12.5 Å². The number of anilines is 1. The summed E-state index contributed by atoms with van der Waals surface area (Å²) >= 11 is 0. The smallest absolute Gasteiger partial charge is 0.326 e. The van der Waals surface area contributed by atoms with E-state index in [1.165, 1.54) is 4.80 Å². The number of rotatable bonds is 5. The number of carboxylic acid groups (broad SMARTS) is 1. The van der Waals surface area contributed by atoms with Crippen LogP contribution in [0.2, 0.25) is 0 Å². The third-order valence-corrected chi connectivity index (χ3v) is 2.62. The molecule has 0 bridgehead atoms. The second-order valence-corrected chi connectivity index (χ2v) is 4.28. The first-order chi connectivity index (χ1) is 10.0. The Morgan fingerprint density at radius 2 is 2.05 bits per heavy atom. The zero-order valence-corrected chi connectivity index (χ0v) is 11.2. The molecule has 21 heavy (non-hydrogen) atoms. The topological polar surface area (TPSA) is 122 Å². The van der Waals surface area contributed by atoms with Crippen LogP contribution in [0.15, 0.2) is 30.3 Å². The van der Waals surface area contributed by atoms with Crippen molar-refractivity contribution in [3.8, 4) is 0 Å². The molecule has 110 valence electrons. The molecule has 0 aliphatic heterocycles. The van der Waals surface area contributed by atoms with Crippen LogP contribution in [0.25, 0.3) is 0 Å². The molecule has 2 amide bonds. The lowest BCUT2D eigenvalue weighted by Gasteiger charge is -2.14. The molecule has 1 aromatic carbocycles. The van der Waals surface area contributed by atoms with Gasteiger partial charge in [-0.25, -0.2) is 9.59 Å². The molecule has 9 heteroatoms. The number of amides is 2. The molecule has 0 saturated carbocycles. The first-order valence-corrected chi connectivity index (χ1v) is 6.13. The van der Waals surface area contributed by atoms with E-state index in [-0.39, 0.29) is 12.4 Å². The van der Waals surface area contributed by atoms with E-state index in [1.807, 2.05) is 6.07 Å². The minimum absolute atomic E-state index is 0.00106. The van der Waals surface area contributed by atoms with Crippen molar-refractivity contribution < 1.29 is 14.7 Å². The molecule has 0 radical (unpaired) electrons. The molecule has 0 saturated heterocycles. The van der Waals surface area contributed by atoms with E-state index < -0.39 is 18.0 Å². The van der Waals surface area contributed by atoms with E-state index in [1.54, 1.807) is 31.3 Å². The molecular weight excluding hydrogens is 276 g/mol. The number of nitrogens with zero attached hydrogens (tertiary/aromatic N) is 4. The Labute approximate surface area is 120 Å². The van der Waals surface area contributed by atoms with Gasteiger partial charge in [0, 0.05) is 6.42 Å². The average molecular weight is 290 g/mol. The number of nitrogens with one attached hydrogen (secondary N) is 2. The summed E-state index contributed by atoms with van der Waals surface area (Å²) in [4.78, 5) is 24.1. The molecule has 0 spiro atoms. The van der Waals surface area contributed by atoms with E-state index in [9.17, 15) is 9.59 Å². The number of tetrazole rings is 1. The van der Waals surface area contributed by atoms with Gasteiger partial charge < -0.3 is 10.4 Å². The van der Waals surface area contributed by atoms with Gasteiger partial charge in [-0.2, -0.15) is 4.80 Å². The maximum atomic E-state index is 11.7. The monoisotopic (exact) mass is 290 g/mol. The zero-order valence-electron chi connectivity index (χ0n) is 11.2. The zero-order chi connectivity index (χ0) is 15.2. The van der Waals surface area contributed by atoms with Crippen molar-refractivity contribution in [3.05, 3.63) is 35.9 Å². The summed E-state index contributed by atoms with van der Waals surface area (Å²) in [5, 5.41) is 24.7. The first-order valence-electron chi connectivity index (χ1n) is 6.13. The molecule has 2 rings (SSSR count). The number of hydrogen-bond acceptors (Lipinski definition) is 5. The second-order valence-electron chi connectivity index (χ2n) is 4.28. The molecule has 3 N–H and O–H groups in total. The quantitative estimate of drug-likeness (QED) is 0.714. The van der Waals surface area contributed by atoms with Crippen LogP contribution >= 0.6 is 0 Å². The van der Waals surface area contributed by atoms with Crippen molar-refractivity contribution in [1.82, 2.24) is 25.5 Å². The Hall–Kier alpha value is -2.97. The van der Waals surface area contributed by atoms with E-state index >= 15 is 0 Å². The largest absolute Gasteiger partial charge is 0.480 e. The molecule has 0 fully saturated rings. The van der Waals surface area contributed by atoms with Gasteiger partial charge in [-0.3, -0.25) is 5.32 Å². The van der Waals surface area contributed by atoms with Crippen LogP contribution in [-0.2, 0) is 18.3 Å². The van der Waals surface area contributed by atoms with E-state index in [0.29, 0.717) is 0 Å². The van der Waals surface area contributed by atoms with Crippen molar-refractivity contribution in [1.29, 1.82) is 0 Å². The molecule has 0 aliphatic rings. The SMILES string of the molecule is Cn1nnc(NC(=O)N[C@H](Cc2ccccc2)C(=O)O)n1. The van der Waals surface area contributed by atoms with E-state index in [0.717, 1.165) is 5.56 Å². The van der Waals surface area contributed by atoms with Crippen LogP contribution in [0.4, 0.5) is 10.7 Å². The standard InChI is InChI=1S/C12H14N6O3/c1-18-16-11(15-17-18)14-12(21)13-9(10(19)20)7-8-5-3-2-4-6-8/h2-6,9H,7H2,1H3,(H,19,20)(H2,13,14,16,21)/t9-/m1/s1. The number of hydrogen-bond donors (Lipinski definition) is 3. The molecule has 1 aromatic heterocycles. The van der Waals surface area contributed by atoms with Crippen LogP contribution in [0.1, 0.15) is 5.56 Å². The Balaban J connectivity index is 1.96. The Kier molecular flexibility index (Phi) is 4.44. The van der Waals surface area contributed by atoms with Crippen LogP contribution in [-0.4, -0.2) is 43.4 Å². The van der Waals surface area contributed by atoms with Gasteiger partial charge in [-0.1, -0.05) is 35.4 Å². The molecule has 1 atom stereocenters. The predicted octanol–water partition coefficient (Wildman–Crippen LogP) is 0.0275. The number of aliphatic carboxylic acids is 1. The van der Waals surface area contributed by atoms with Crippen LogP contribution in [0, 0.1) is 0 Å². The Morgan fingerprint density at radius 1 is 1.33 bits per heavy atom. The molecule has 2 aromatic rings. The summed E-state index contributed by atoms with van der Waals surface area (Å²) in [5.74, 6) is -1.13. The molecule has 0 unspecified atom stereocenters. The minimum atomic E-state index is -1.12. The fourth-order valence-corrected chi connectivity index (χ4v) is 1.68. The molecule has 1 heterocycles. The predicted molar refractivity (Wildman–Crippen MR) is 72.5 cm³/mol. The number of carbonyl (C=O) groups excluding carboxylic acids is 1. The van der Waals surface area contributed by atoms with Crippen molar-refractivity contribution in [3.63, 3.8) is 0 Å². The van der Waals surface area contributed by atoms with Crippen molar-refractivity contribution in [2.75, 3.05) is 5.32 Å². The minimum Gasteiger partial charge on any atom is -0.480 e. The fraction of sp³-hybridized carbons (Fsp3) is 0.250. The first kappa shape index (κ1) is 14.4. The maximum absolute atomic E-state index is 11.7. The van der Waals surface area contributed by atoms with Gasteiger partial charge in [0.1, 0.15) is 6.04 Å². The van der Waals surface area contributed by atoms with Gasteiger partial charge in [0.25, 0.3) is 5.95 Å². The van der Waals surface area contributed by atoms with Gasteiger partial charge in [-0.15, -0.1) is 5.10 Å². The van der Waals surface area contributed by atoms with Crippen LogP contribution < -0.4 is 10.6 Å². The highest BCUT2D eigenvalue weighted by Crippen LogP contribution is 2.04. The van der Waals surface area contributed by atoms with Crippen LogP contribution in [0.3, 0.4) is 0 Å². The average Bonchev–Trinajstić information content (AvgIpc) is 2.84.